The van der Waals surface area contributed by atoms with Crippen LogP contribution in [0.2, 0.25) is 0 Å². The first-order chi connectivity index (χ1) is 14.1. The van der Waals surface area contributed by atoms with Crippen molar-refractivity contribution < 1.29 is 9.47 Å². The van der Waals surface area contributed by atoms with E-state index < -0.39 is 0 Å². The van der Waals surface area contributed by atoms with E-state index in [1.807, 2.05) is 0 Å². The van der Waals surface area contributed by atoms with Crippen LogP contribution in [-0.4, -0.2) is 18.9 Å². The van der Waals surface area contributed by atoms with E-state index in [0.717, 1.165) is 36.5 Å². The fourth-order valence-corrected chi connectivity index (χ4v) is 7.61. The van der Waals surface area contributed by atoms with Gasteiger partial charge in [0.05, 0.1) is 11.1 Å². The molecule has 30 heavy (non-hydrogen) atoms. The first-order valence-corrected chi connectivity index (χ1v) is 12.2. The van der Waals surface area contributed by atoms with Gasteiger partial charge >= 0.3 is 0 Å². The fraction of sp³-hybridized carbons (Fsp3) is 0.778. The van der Waals surface area contributed by atoms with E-state index in [1.54, 1.807) is 0 Å². The molecule has 1 saturated heterocycles. The van der Waals surface area contributed by atoms with Crippen LogP contribution >= 0.6 is 0 Å². The lowest BCUT2D eigenvalue weighted by atomic mass is 9.54. The number of benzene rings is 1. The topological polar surface area (TPSA) is 30.5 Å². The van der Waals surface area contributed by atoms with E-state index >= 15 is 0 Å². The lowest BCUT2D eigenvalue weighted by Crippen LogP contribution is -2.69. The SMILES string of the molecule is CC(C)(C)CC1(c2ccc(OCOC34CC5CC(CC(C5)C3)C4)cc2)NCC1(C)C. The summed E-state index contributed by atoms with van der Waals surface area (Å²) in [7, 11) is 0. The summed E-state index contributed by atoms with van der Waals surface area (Å²) in [6, 6.07) is 8.80. The van der Waals surface area contributed by atoms with Crippen LogP contribution in [0.25, 0.3) is 0 Å². The van der Waals surface area contributed by atoms with E-state index in [0.29, 0.717) is 6.79 Å². The largest absolute Gasteiger partial charge is 0.468 e. The van der Waals surface area contributed by atoms with Crippen molar-refractivity contribution in [2.45, 2.75) is 90.7 Å². The van der Waals surface area contributed by atoms with E-state index in [9.17, 15) is 0 Å². The Labute approximate surface area is 183 Å². The van der Waals surface area contributed by atoms with Crippen LogP contribution in [0.3, 0.4) is 0 Å². The molecule has 0 amide bonds. The molecule has 6 rings (SSSR count). The maximum absolute atomic E-state index is 6.44. The molecule has 1 aliphatic heterocycles. The zero-order valence-electron chi connectivity index (χ0n) is 19.7. The van der Waals surface area contributed by atoms with Crippen molar-refractivity contribution in [2.24, 2.45) is 28.6 Å². The van der Waals surface area contributed by atoms with E-state index in [-0.39, 0.29) is 22.0 Å². The maximum atomic E-state index is 6.44. The molecule has 1 heterocycles. The molecule has 0 spiro atoms. The monoisotopic (exact) mass is 411 g/mol. The lowest BCUT2D eigenvalue weighted by molar-refractivity contribution is -0.190. The van der Waals surface area contributed by atoms with Crippen LogP contribution in [0.1, 0.15) is 85.1 Å². The number of ether oxygens (including phenoxy) is 2. The van der Waals surface area contributed by atoms with Crippen LogP contribution in [0, 0.1) is 28.6 Å². The maximum Gasteiger partial charge on any atom is 0.189 e. The molecule has 5 aliphatic rings. The molecule has 0 aromatic heterocycles. The molecule has 166 valence electrons. The van der Waals surface area contributed by atoms with Crippen LogP contribution in [0.5, 0.6) is 5.75 Å². The molecule has 3 nitrogen and oxygen atoms in total. The Morgan fingerprint density at radius 1 is 0.933 bits per heavy atom. The molecule has 1 aromatic carbocycles. The van der Waals surface area contributed by atoms with Gasteiger partial charge in [0.1, 0.15) is 5.75 Å². The lowest BCUT2D eigenvalue weighted by Gasteiger charge is -2.60. The van der Waals surface area contributed by atoms with Gasteiger partial charge in [0.15, 0.2) is 6.79 Å². The van der Waals surface area contributed by atoms with Crippen LogP contribution in [-0.2, 0) is 10.3 Å². The Balaban J connectivity index is 1.22. The van der Waals surface area contributed by atoms with Gasteiger partial charge in [-0.05, 0) is 91.2 Å². The van der Waals surface area contributed by atoms with Gasteiger partial charge in [-0.25, -0.2) is 0 Å². The highest BCUT2D eigenvalue weighted by Gasteiger charge is 2.55. The minimum atomic E-state index is 0.0411. The molecule has 1 aromatic rings. The normalized spacial score (nSPS) is 39.0. The van der Waals surface area contributed by atoms with Gasteiger partial charge in [-0.3, -0.25) is 0 Å². The first-order valence-electron chi connectivity index (χ1n) is 12.2. The van der Waals surface area contributed by atoms with Crippen molar-refractivity contribution in [1.29, 1.82) is 0 Å². The van der Waals surface area contributed by atoms with E-state index in [2.05, 4.69) is 64.2 Å². The molecule has 4 saturated carbocycles. The molecule has 0 radical (unpaired) electrons. The second-order valence-electron chi connectivity index (χ2n) is 12.9. The minimum absolute atomic E-state index is 0.0411. The Morgan fingerprint density at radius 2 is 1.50 bits per heavy atom. The summed E-state index contributed by atoms with van der Waals surface area (Å²) in [6.45, 7) is 13.2. The van der Waals surface area contributed by atoms with Crippen LogP contribution in [0.15, 0.2) is 24.3 Å². The van der Waals surface area contributed by atoms with Crippen molar-refractivity contribution in [1.82, 2.24) is 5.32 Å². The van der Waals surface area contributed by atoms with Crippen molar-refractivity contribution in [3.63, 3.8) is 0 Å². The second-order valence-corrected chi connectivity index (χ2v) is 12.9. The summed E-state index contributed by atoms with van der Waals surface area (Å²) >= 11 is 0. The van der Waals surface area contributed by atoms with Gasteiger partial charge in [0.2, 0.25) is 0 Å². The van der Waals surface area contributed by atoms with Gasteiger partial charge in [-0.2, -0.15) is 0 Å². The molecule has 1 atom stereocenters. The molecule has 4 bridgehead atoms. The van der Waals surface area contributed by atoms with Gasteiger partial charge in [0, 0.05) is 6.54 Å². The zero-order chi connectivity index (χ0) is 21.2. The highest BCUT2D eigenvalue weighted by Crippen LogP contribution is 2.57. The van der Waals surface area contributed by atoms with Crippen molar-refractivity contribution in [3.05, 3.63) is 29.8 Å². The smallest absolute Gasteiger partial charge is 0.189 e. The second kappa shape index (κ2) is 6.97. The molecule has 4 aliphatic carbocycles. The zero-order valence-corrected chi connectivity index (χ0v) is 19.7. The summed E-state index contributed by atoms with van der Waals surface area (Å²) in [5.41, 5.74) is 2.06. The van der Waals surface area contributed by atoms with Gasteiger partial charge < -0.3 is 14.8 Å². The minimum Gasteiger partial charge on any atom is -0.468 e. The first kappa shape index (κ1) is 20.8. The summed E-state index contributed by atoms with van der Waals surface area (Å²) in [6.07, 6.45) is 9.26. The molecule has 1 unspecified atom stereocenters. The summed E-state index contributed by atoms with van der Waals surface area (Å²) < 4.78 is 12.5. The number of hydrogen-bond donors (Lipinski definition) is 1. The predicted octanol–water partition coefficient (Wildman–Crippen LogP) is 6.27. The third-order valence-electron chi connectivity index (χ3n) is 8.70. The Kier molecular flexibility index (Phi) is 4.84. The number of nitrogens with one attached hydrogen (secondary N) is 1. The van der Waals surface area contributed by atoms with Gasteiger partial charge in [0.25, 0.3) is 0 Å². The van der Waals surface area contributed by atoms with Crippen LogP contribution in [0.4, 0.5) is 0 Å². The highest BCUT2D eigenvalue weighted by molar-refractivity contribution is 5.36. The van der Waals surface area contributed by atoms with Crippen LogP contribution < -0.4 is 10.1 Å². The highest BCUT2D eigenvalue weighted by atomic mass is 16.7. The molecule has 1 N–H and O–H groups in total. The van der Waals surface area contributed by atoms with Crippen molar-refractivity contribution in [2.75, 3.05) is 13.3 Å². The van der Waals surface area contributed by atoms with Gasteiger partial charge in [-0.1, -0.05) is 46.8 Å². The van der Waals surface area contributed by atoms with E-state index in [1.165, 1.54) is 44.1 Å². The van der Waals surface area contributed by atoms with Gasteiger partial charge in [-0.15, -0.1) is 0 Å². The average Bonchev–Trinajstić information content (AvgIpc) is 2.64. The summed E-state index contributed by atoms with van der Waals surface area (Å²) in [5, 5.41) is 3.79. The molecular formula is C27H41NO2. The molecule has 3 heteroatoms. The molecular weight excluding hydrogens is 370 g/mol. The quantitative estimate of drug-likeness (QED) is 0.560. The molecule has 5 fully saturated rings. The summed E-state index contributed by atoms with van der Waals surface area (Å²) in [5.74, 6) is 3.65. The summed E-state index contributed by atoms with van der Waals surface area (Å²) in [4.78, 5) is 0. The van der Waals surface area contributed by atoms with Crippen molar-refractivity contribution >= 4 is 0 Å². The Bertz CT molecular complexity index is 740. The Hall–Kier alpha value is -1.06. The Morgan fingerprint density at radius 3 is 1.93 bits per heavy atom. The average molecular weight is 412 g/mol. The fourth-order valence-electron chi connectivity index (χ4n) is 7.61. The standard InChI is InChI=1S/C27H41NO2/c1-24(2,3)16-27(25(4,5)17-28-27)22-6-8-23(9-7-22)29-18-30-26-13-19-10-20(14-26)12-21(11-19)15-26/h6-9,19-21,28H,10-18H2,1-5H3. The predicted molar refractivity (Wildman–Crippen MR) is 121 cm³/mol. The third kappa shape index (κ3) is 3.60. The number of rotatable bonds is 6. The number of hydrogen-bond acceptors (Lipinski definition) is 3. The van der Waals surface area contributed by atoms with Crippen molar-refractivity contribution in [3.8, 4) is 5.75 Å². The third-order valence-corrected chi connectivity index (χ3v) is 8.70. The van der Waals surface area contributed by atoms with E-state index in [4.69, 9.17) is 9.47 Å².